The highest BCUT2D eigenvalue weighted by molar-refractivity contribution is 7.14. The number of aromatic nitrogens is 3. The predicted molar refractivity (Wildman–Crippen MR) is 114 cm³/mol. The van der Waals surface area contributed by atoms with Gasteiger partial charge in [0.05, 0.1) is 22.6 Å². The molecule has 0 atom stereocenters. The molecule has 3 heterocycles. The Hall–Kier alpha value is -2.44. The second kappa shape index (κ2) is 8.06. The summed E-state index contributed by atoms with van der Waals surface area (Å²) in [6.45, 7) is 6.13. The van der Waals surface area contributed by atoms with Crippen LogP contribution in [0.2, 0.25) is 0 Å². The lowest BCUT2D eigenvalue weighted by Gasteiger charge is -2.09. The Kier molecular flexibility index (Phi) is 5.36. The van der Waals surface area contributed by atoms with Gasteiger partial charge in [-0.2, -0.15) is 0 Å². The van der Waals surface area contributed by atoms with Gasteiger partial charge in [0.1, 0.15) is 0 Å². The molecule has 138 valence electrons. The highest BCUT2D eigenvalue weighted by atomic mass is 32.1. The number of nitrogens with zero attached hydrogens (tertiary/aromatic N) is 4. The smallest absolute Gasteiger partial charge is 0.190 e. The van der Waals surface area contributed by atoms with Gasteiger partial charge < -0.3 is 9.13 Å². The first-order chi connectivity index (χ1) is 13.2. The van der Waals surface area contributed by atoms with Crippen LogP contribution in [0.4, 0.5) is 5.69 Å². The molecular weight excluding hydrogens is 372 g/mol. The summed E-state index contributed by atoms with van der Waals surface area (Å²) in [5, 5.41) is 4.36. The molecule has 0 fully saturated rings. The largest absolute Gasteiger partial charge is 0.337 e. The summed E-state index contributed by atoms with van der Waals surface area (Å²) in [6.07, 6.45) is 6.75. The van der Waals surface area contributed by atoms with Crippen molar-refractivity contribution in [2.45, 2.75) is 33.4 Å². The van der Waals surface area contributed by atoms with Crippen LogP contribution in [0.3, 0.4) is 0 Å². The molecule has 0 aliphatic heterocycles. The number of aryl methyl sites for hydroxylation is 3. The van der Waals surface area contributed by atoms with Crippen molar-refractivity contribution in [1.82, 2.24) is 14.1 Å². The van der Waals surface area contributed by atoms with Crippen LogP contribution in [0.1, 0.15) is 17.5 Å². The van der Waals surface area contributed by atoms with E-state index in [9.17, 15) is 0 Å². The number of benzene rings is 1. The molecule has 6 heteroatoms. The van der Waals surface area contributed by atoms with Crippen molar-refractivity contribution < 1.29 is 0 Å². The van der Waals surface area contributed by atoms with Gasteiger partial charge in [0.25, 0.3) is 0 Å². The van der Waals surface area contributed by atoms with E-state index < -0.39 is 0 Å². The Labute approximate surface area is 167 Å². The Morgan fingerprint density at radius 1 is 1.07 bits per heavy atom. The van der Waals surface area contributed by atoms with Crippen LogP contribution in [0, 0.1) is 13.8 Å². The average molecular weight is 395 g/mol. The normalized spacial score (nSPS) is 12.0. The van der Waals surface area contributed by atoms with E-state index in [0.29, 0.717) is 0 Å². The van der Waals surface area contributed by atoms with Crippen LogP contribution >= 0.6 is 22.7 Å². The first kappa shape index (κ1) is 17.9. The summed E-state index contributed by atoms with van der Waals surface area (Å²) in [6, 6.07) is 10.8. The fourth-order valence-corrected chi connectivity index (χ4v) is 4.98. The molecule has 0 N–H and O–H groups in total. The molecule has 27 heavy (non-hydrogen) atoms. The monoisotopic (exact) mass is 394 g/mol. The third-order valence-corrected chi connectivity index (χ3v) is 6.12. The van der Waals surface area contributed by atoms with Crippen molar-refractivity contribution in [3.63, 3.8) is 0 Å². The van der Waals surface area contributed by atoms with E-state index >= 15 is 0 Å². The average Bonchev–Trinajstić information content (AvgIpc) is 3.36. The minimum Gasteiger partial charge on any atom is -0.337 e. The molecular formula is C21H22N4S2. The molecule has 4 aromatic rings. The van der Waals surface area contributed by atoms with Crippen LogP contribution in [0.25, 0.3) is 10.6 Å². The molecule has 0 radical (unpaired) electrons. The van der Waals surface area contributed by atoms with Gasteiger partial charge in [0.2, 0.25) is 0 Å². The SMILES string of the molecule is Cc1cc(C)cc(N=c2scc(-c3cccs3)n2CCCn2ccnc2)c1. The maximum Gasteiger partial charge on any atom is 0.190 e. The van der Waals surface area contributed by atoms with E-state index in [1.165, 1.54) is 21.7 Å². The fourth-order valence-electron chi connectivity index (χ4n) is 3.21. The zero-order valence-electron chi connectivity index (χ0n) is 15.5. The molecule has 0 aliphatic carbocycles. The highest BCUT2D eigenvalue weighted by Gasteiger charge is 2.09. The van der Waals surface area contributed by atoms with Crippen LogP contribution in [0.5, 0.6) is 0 Å². The quantitative estimate of drug-likeness (QED) is 0.430. The van der Waals surface area contributed by atoms with Gasteiger partial charge in [-0.15, -0.1) is 22.7 Å². The maximum absolute atomic E-state index is 4.98. The molecule has 4 nitrogen and oxygen atoms in total. The molecule has 0 spiro atoms. The Balaban J connectivity index is 1.69. The molecule has 1 aromatic carbocycles. The minimum atomic E-state index is 0.929. The predicted octanol–water partition coefficient (Wildman–Crippen LogP) is 5.41. The van der Waals surface area contributed by atoms with Crippen molar-refractivity contribution in [3.05, 3.63) is 75.7 Å². The summed E-state index contributed by atoms with van der Waals surface area (Å²) >= 11 is 3.49. The van der Waals surface area contributed by atoms with E-state index in [4.69, 9.17) is 4.99 Å². The van der Waals surface area contributed by atoms with E-state index in [0.717, 1.165) is 30.0 Å². The lowest BCUT2D eigenvalue weighted by molar-refractivity contribution is 0.559. The number of rotatable bonds is 6. The van der Waals surface area contributed by atoms with Crippen molar-refractivity contribution in [1.29, 1.82) is 0 Å². The van der Waals surface area contributed by atoms with Gasteiger partial charge >= 0.3 is 0 Å². The van der Waals surface area contributed by atoms with Crippen LogP contribution in [-0.2, 0) is 13.1 Å². The van der Waals surface area contributed by atoms with E-state index in [-0.39, 0.29) is 0 Å². The Bertz CT molecular complexity index is 1050. The van der Waals surface area contributed by atoms with Gasteiger partial charge in [-0.25, -0.2) is 9.98 Å². The summed E-state index contributed by atoms with van der Waals surface area (Å²) in [7, 11) is 0. The molecule has 0 saturated carbocycles. The standard InChI is InChI=1S/C21H22N4S2/c1-16-11-17(2)13-18(12-16)23-21-25(8-4-7-24-9-6-22-15-24)19(14-27-21)20-5-3-10-26-20/h3,5-6,9-15H,4,7-8H2,1-2H3. The minimum absolute atomic E-state index is 0.929. The topological polar surface area (TPSA) is 35.1 Å². The van der Waals surface area contributed by atoms with Crippen molar-refractivity contribution in [2.75, 3.05) is 0 Å². The first-order valence-corrected chi connectivity index (χ1v) is 10.8. The summed E-state index contributed by atoms with van der Waals surface area (Å²) in [4.78, 5) is 11.4. The van der Waals surface area contributed by atoms with Gasteiger partial charge in [-0.05, 0) is 55.0 Å². The number of thiazole rings is 1. The second-order valence-corrected chi connectivity index (χ2v) is 8.43. The number of imidazole rings is 1. The van der Waals surface area contributed by atoms with Gasteiger partial charge in [0.15, 0.2) is 4.80 Å². The molecule has 0 aliphatic rings. The van der Waals surface area contributed by atoms with E-state index in [1.54, 1.807) is 22.7 Å². The van der Waals surface area contributed by atoms with Gasteiger partial charge in [-0.3, -0.25) is 0 Å². The molecule has 0 saturated heterocycles. The number of thiophene rings is 1. The molecule has 3 aromatic heterocycles. The third-order valence-electron chi connectivity index (χ3n) is 4.36. The molecule has 0 bridgehead atoms. The van der Waals surface area contributed by atoms with Crippen LogP contribution in [-0.4, -0.2) is 14.1 Å². The Morgan fingerprint density at radius 2 is 1.93 bits per heavy atom. The lowest BCUT2D eigenvalue weighted by atomic mass is 10.1. The first-order valence-electron chi connectivity index (χ1n) is 9.00. The third kappa shape index (κ3) is 4.28. The van der Waals surface area contributed by atoms with E-state index in [2.05, 4.69) is 69.1 Å². The fraction of sp³-hybridized carbons (Fsp3) is 0.238. The lowest BCUT2D eigenvalue weighted by Crippen LogP contribution is -2.17. The van der Waals surface area contributed by atoms with Crippen molar-refractivity contribution in [2.24, 2.45) is 4.99 Å². The zero-order chi connectivity index (χ0) is 18.6. The highest BCUT2D eigenvalue weighted by Crippen LogP contribution is 2.26. The molecule has 0 amide bonds. The van der Waals surface area contributed by atoms with Gasteiger partial charge in [0, 0.05) is 30.9 Å². The van der Waals surface area contributed by atoms with Crippen molar-refractivity contribution in [3.8, 4) is 10.6 Å². The zero-order valence-corrected chi connectivity index (χ0v) is 17.1. The number of hydrogen-bond acceptors (Lipinski definition) is 4. The molecule has 0 unspecified atom stereocenters. The van der Waals surface area contributed by atoms with Crippen molar-refractivity contribution >= 4 is 28.4 Å². The van der Waals surface area contributed by atoms with Crippen LogP contribution in [0.15, 0.2) is 64.8 Å². The summed E-state index contributed by atoms with van der Waals surface area (Å²) < 4.78 is 4.48. The molecule has 4 rings (SSSR count). The Morgan fingerprint density at radius 3 is 2.63 bits per heavy atom. The maximum atomic E-state index is 4.98. The summed E-state index contributed by atoms with van der Waals surface area (Å²) in [5.41, 5.74) is 4.77. The van der Waals surface area contributed by atoms with Gasteiger partial charge in [-0.1, -0.05) is 12.1 Å². The second-order valence-electron chi connectivity index (χ2n) is 6.64. The van der Waals surface area contributed by atoms with Crippen LogP contribution < -0.4 is 4.80 Å². The summed E-state index contributed by atoms with van der Waals surface area (Å²) in [5.74, 6) is 0. The number of hydrogen-bond donors (Lipinski definition) is 0. The van der Waals surface area contributed by atoms with E-state index in [1.807, 2.05) is 18.7 Å².